The zero-order valence-electron chi connectivity index (χ0n) is 8.67. The van der Waals surface area contributed by atoms with Crippen molar-refractivity contribution in [2.24, 2.45) is 0 Å². The van der Waals surface area contributed by atoms with Crippen LogP contribution in [0.25, 0.3) is 0 Å². The third-order valence-electron chi connectivity index (χ3n) is 1.83. The Morgan fingerprint density at radius 2 is 2.07 bits per heavy atom. The molecule has 0 bridgehead atoms. The number of rotatable bonds is 5. The number of nitrogens with one attached hydrogen (secondary N) is 3. The summed E-state index contributed by atoms with van der Waals surface area (Å²) in [7, 11) is 0. The highest BCUT2D eigenvalue weighted by atomic mass is 16.2. The zero-order valence-corrected chi connectivity index (χ0v) is 8.67. The van der Waals surface area contributed by atoms with E-state index in [-0.39, 0.29) is 11.8 Å². The van der Waals surface area contributed by atoms with Crippen LogP contribution in [0.15, 0.2) is 18.3 Å². The van der Waals surface area contributed by atoms with Crippen LogP contribution in [-0.4, -0.2) is 29.9 Å². The predicted octanol–water partition coefficient (Wildman–Crippen LogP) is -0.190. The van der Waals surface area contributed by atoms with E-state index >= 15 is 0 Å². The van der Waals surface area contributed by atoms with Gasteiger partial charge in [0.15, 0.2) is 0 Å². The van der Waals surface area contributed by atoms with Crippen LogP contribution in [0.3, 0.4) is 0 Å². The van der Waals surface area contributed by atoms with Gasteiger partial charge >= 0.3 is 0 Å². The maximum Gasteiger partial charge on any atom is 0.225 e. The third kappa shape index (κ3) is 4.85. The molecule has 1 heterocycles. The Morgan fingerprint density at radius 3 is 2.67 bits per heavy atom. The molecule has 82 valence electrons. The molecule has 1 aromatic heterocycles. The molecule has 0 aliphatic rings. The van der Waals surface area contributed by atoms with Crippen LogP contribution in [-0.2, 0) is 16.0 Å². The highest BCUT2D eigenvalue weighted by Crippen LogP contribution is 1.94. The van der Waals surface area contributed by atoms with Crippen LogP contribution in [0.2, 0.25) is 0 Å². The Hall–Kier alpha value is -1.78. The van der Waals surface area contributed by atoms with Gasteiger partial charge in [0, 0.05) is 31.9 Å². The Bertz CT molecular complexity index is 319. The van der Waals surface area contributed by atoms with Gasteiger partial charge in [0.05, 0.1) is 6.42 Å². The molecule has 0 spiro atoms. The van der Waals surface area contributed by atoms with Gasteiger partial charge in [0.25, 0.3) is 0 Å². The Kier molecular flexibility index (Phi) is 4.40. The quantitative estimate of drug-likeness (QED) is 0.588. The molecule has 5 nitrogen and oxygen atoms in total. The van der Waals surface area contributed by atoms with Gasteiger partial charge in [0.2, 0.25) is 11.8 Å². The second kappa shape index (κ2) is 5.85. The lowest BCUT2D eigenvalue weighted by Crippen LogP contribution is -2.34. The minimum absolute atomic E-state index is 0.0530. The first-order valence-electron chi connectivity index (χ1n) is 4.82. The van der Waals surface area contributed by atoms with Crippen molar-refractivity contribution in [2.75, 3.05) is 13.1 Å². The number of H-pyrrole nitrogens is 1. The second-order valence-electron chi connectivity index (χ2n) is 3.21. The summed E-state index contributed by atoms with van der Waals surface area (Å²) in [6.07, 6.45) is 2.12. The van der Waals surface area contributed by atoms with Crippen molar-refractivity contribution in [2.45, 2.75) is 13.3 Å². The molecule has 5 heteroatoms. The number of hydrogen-bond acceptors (Lipinski definition) is 2. The van der Waals surface area contributed by atoms with E-state index in [1.54, 1.807) is 6.20 Å². The number of aromatic amines is 1. The minimum Gasteiger partial charge on any atom is -0.365 e. The van der Waals surface area contributed by atoms with Gasteiger partial charge in [-0.25, -0.2) is 0 Å². The van der Waals surface area contributed by atoms with E-state index in [1.165, 1.54) is 6.92 Å². The molecule has 2 amide bonds. The van der Waals surface area contributed by atoms with Crippen molar-refractivity contribution < 1.29 is 9.59 Å². The van der Waals surface area contributed by atoms with Gasteiger partial charge in [-0.1, -0.05) is 0 Å². The predicted molar refractivity (Wildman–Crippen MR) is 56.2 cm³/mol. The summed E-state index contributed by atoms with van der Waals surface area (Å²) >= 11 is 0. The lowest BCUT2D eigenvalue weighted by Gasteiger charge is -2.04. The van der Waals surface area contributed by atoms with Gasteiger partial charge in [-0.05, 0) is 12.1 Å². The van der Waals surface area contributed by atoms with Crippen molar-refractivity contribution in [1.29, 1.82) is 0 Å². The summed E-state index contributed by atoms with van der Waals surface area (Å²) in [5, 5.41) is 5.30. The van der Waals surface area contributed by atoms with Crippen LogP contribution < -0.4 is 10.6 Å². The molecule has 1 rings (SSSR count). The summed E-state index contributed by atoms with van der Waals surface area (Å²) in [5.41, 5.74) is 0.882. The van der Waals surface area contributed by atoms with Crippen LogP contribution in [0.4, 0.5) is 0 Å². The van der Waals surface area contributed by atoms with E-state index in [0.29, 0.717) is 19.5 Å². The van der Waals surface area contributed by atoms with E-state index in [9.17, 15) is 9.59 Å². The molecule has 0 aliphatic carbocycles. The zero-order chi connectivity index (χ0) is 11.1. The van der Waals surface area contributed by atoms with Crippen molar-refractivity contribution in [3.63, 3.8) is 0 Å². The number of amides is 2. The van der Waals surface area contributed by atoms with Crippen molar-refractivity contribution >= 4 is 11.8 Å². The number of aromatic nitrogens is 1. The van der Waals surface area contributed by atoms with Crippen LogP contribution in [0, 0.1) is 0 Å². The summed E-state index contributed by atoms with van der Waals surface area (Å²) < 4.78 is 0. The smallest absolute Gasteiger partial charge is 0.225 e. The molecule has 15 heavy (non-hydrogen) atoms. The van der Waals surface area contributed by atoms with Crippen LogP contribution >= 0.6 is 0 Å². The lowest BCUT2D eigenvalue weighted by molar-refractivity contribution is -0.121. The van der Waals surface area contributed by atoms with E-state index < -0.39 is 0 Å². The molecule has 0 saturated carbocycles. The molecular weight excluding hydrogens is 194 g/mol. The molecule has 0 saturated heterocycles. The topological polar surface area (TPSA) is 74.0 Å². The molecule has 0 aliphatic heterocycles. The van der Waals surface area contributed by atoms with Crippen LogP contribution in [0.1, 0.15) is 12.6 Å². The monoisotopic (exact) mass is 209 g/mol. The van der Waals surface area contributed by atoms with E-state index in [0.717, 1.165) is 5.69 Å². The molecule has 0 radical (unpaired) electrons. The fraction of sp³-hybridized carbons (Fsp3) is 0.400. The first-order valence-corrected chi connectivity index (χ1v) is 4.82. The molecule has 0 fully saturated rings. The van der Waals surface area contributed by atoms with Crippen molar-refractivity contribution in [3.8, 4) is 0 Å². The average Bonchev–Trinajstić information content (AvgIpc) is 2.64. The Labute approximate surface area is 88.3 Å². The van der Waals surface area contributed by atoms with E-state index in [1.807, 2.05) is 12.1 Å². The molecular formula is C10H15N3O2. The molecule has 0 aromatic carbocycles. The molecule has 0 unspecified atom stereocenters. The first-order chi connectivity index (χ1) is 7.18. The summed E-state index contributed by atoms with van der Waals surface area (Å²) in [5.74, 6) is -0.142. The summed E-state index contributed by atoms with van der Waals surface area (Å²) in [6, 6.07) is 3.70. The molecule has 1 aromatic rings. The summed E-state index contributed by atoms with van der Waals surface area (Å²) in [6.45, 7) is 2.37. The molecule has 3 N–H and O–H groups in total. The van der Waals surface area contributed by atoms with E-state index in [2.05, 4.69) is 15.6 Å². The maximum atomic E-state index is 11.3. The minimum atomic E-state index is -0.0892. The van der Waals surface area contributed by atoms with Gasteiger partial charge in [-0.15, -0.1) is 0 Å². The SMILES string of the molecule is CC(=O)NCCNC(=O)Cc1ccc[nH]1. The molecule has 0 atom stereocenters. The lowest BCUT2D eigenvalue weighted by atomic mass is 10.3. The van der Waals surface area contributed by atoms with Gasteiger partial charge in [-0.3, -0.25) is 9.59 Å². The van der Waals surface area contributed by atoms with Gasteiger partial charge in [-0.2, -0.15) is 0 Å². The van der Waals surface area contributed by atoms with E-state index in [4.69, 9.17) is 0 Å². The normalized spacial score (nSPS) is 9.67. The Morgan fingerprint density at radius 1 is 1.33 bits per heavy atom. The number of hydrogen-bond donors (Lipinski definition) is 3. The van der Waals surface area contributed by atoms with Crippen molar-refractivity contribution in [3.05, 3.63) is 24.0 Å². The Balaban J connectivity index is 2.11. The summed E-state index contributed by atoms with van der Waals surface area (Å²) in [4.78, 5) is 24.8. The highest BCUT2D eigenvalue weighted by molar-refractivity contribution is 5.78. The maximum absolute atomic E-state index is 11.3. The highest BCUT2D eigenvalue weighted by Gasteiger charge is 2.02. The second-order valence-corrected chi connectivity index (χ2v) is 3.21. The largest absolute Gasteiger partial charge is 0.365 e. The third-order valence-corrected chi connectivity index (χ3v) is 1.83. The number of carbonyl (C=O) groups excluding carboxylic acids is 2. The standard InChI is InChI=1S/C10H15N3O2/c1-8(14)11-5-6-13-10(15)7-9-3-2-4-12-9/h2-4,12H,5-7H2,1H3,(H,11,14)(H,13,15). The first kappa shape index (κ1) is 11.3. The number of carbonyl (C=O) groups is 2. The van der Waals surface area contributed by atoms with Crippen LogP contribution in [0.5, 0.6) is 0 Å². The average molecular weight is 209 g/mol. The van der Waals surface area contributed by atoms with Crippen molar-refractivity contribution in [1.82, 2.24) is 15.6 Å². The van der Waals surface area contributed by atoms with Gasteiger partial charge in [0.1, 0.15) is 0 Å². The van der Waals surface area contributed by atoms with Gasteiger partial charge < -0.3 is 15.6 Å². The fourth-order valence-electron chi connectivity index (χ4n) is 1.15. The fourth-order valence-corrected chi connectivity index (χ4v) is 1.15.